The Morgan fingerprint density at radius 1 is 1.00 bits per heavy atom. The van der Waals surface area contributed by atoms with Crippen molar-refractivity contribution in [2.24, 2.45) is 0 Å². The number of imidazole rings is 1. The van der Waals surface area contributed by atoms with Gasteiger partial charge < -0.3 is 4.98 Å². The first-order valence-corrected chi connectivity index (χ1v) is 9.54. The van der Waals surface area contributed by atoms with Crippen LogP contribution in [-0.2, 0) is 6.42 Å². The molecule has 0 saturated heterocycles. The number of pyridine rings is 1. The molecule has 0 atom stereocenters. The minimum absolute atomic E-state index is 0.762. The average Bonchev–Trinajstić information content (AvgIpc) is 3.38. The highest BCUT2D eigenvalue weighted by Gasteiger charge is 2.18. The number of nitrogens with one attached hydrogen (secondary N) is 1. The maximum Gasteiger partial charge on any atom is 0.160 e. The van der Waals surface area contributed by atoms with Gasteiger partial charge in [-0.25, -0.2) is 14.5 Å². The zero-order chi connectivity index (χ0) is 19.8. The normalized spacial score (nSPS) is 11.2. The Balaban J connectivity index is 1.76. The van der Waals surface area contributed by atoms with Crippen LogP contribution in [-0.4, -0.2) is 29.5 Å². The van der Waals surface area contributed by atoms with Crippen LogP contribution in [0.15, 0.2) is 67.3 Å². The van der Waals surface area contributed by atoms with E-state index >= 15 is 0 Å². The van der Waals surface area contributed by atoms with E-state index < -0.39 is 0 Å². The number of hydrogen-bond acceptors (Lipinski definition) is 4. The monoisotopic (exact) mass is 380 g/mol. The summed E-state index contributed by atoms with van der Waals surface area (Å²) < 4.78 is 1.90. The van der Waals surface area contributed by atoms with Crippen molar-refractivity contribution in [1.82, 2.24) is 29.5 Å². The minimum Gasteiger partial charge on any atom is -0.343 e. The highest BCUT2D eigenvalue weighted by molar-refractivity contribution is 5.70. The van der Waals surface area contributed by atoms with Crippen molar-refractivity contribution in [3.63, 3.8) is 0 Å². The van der Waals surface area contributed by atoms with Crippen LogP contribution in [0, 0.1) is 13.8 Å². The molecule has 0 amide bonds. The smallest absolute Gasteiger partial charge is 0.160 e. The van der Waals surface area contributed by atoms with Crippen LogP contribution >= 0.6 is 0 Å². The lowest BCUT2D eigenvalue weighted by Crippen LogP contribution is -2.01. The molecule has 1 aromatic carbocycles. The first kappa shape index (κ1) is 17.3. The summed E-state index contributed by atoms with van der Waals surface area (Å²) in [6, 6.07) is 14.4. The van der Waals surface area contributed by atoms with Crippen molar-refractivity contribution >= 4 is 5.65 Å². The van der Waals surface area contributed by atoms with Crippen molar-refractivity contribution in [2.45, 2.75) is 20.3 Å². The molecule has 0 aliphatic heterocycles. The second-order valence-electron chi connectivity index (χ2n) is 7.10. The van der Waals surface area contributed by atoms with Crippen LogP contribution in [0.5, 0.6) is 0 Å². The SMILES string of the molecule is Cc1ccccc1Cc1c(C)nn2c(-c3ncc[nH]3)cc(-c3ccncc3)nc12. The second-order valence-corrected chi connectivity index (χ2v) is 7.10. The zero-order valence-corrected chi connectivity index (χ0v) is 16.3. The van der Waals surface area contributed by atoms with Crippen molar-refractivity contribution < 1.29 is 0 Å². The molecule has 142 valence electrons. The van der Waals surface area contributed by atoms with E-state index in [1.807, 2.05) is 35.8 Å². The predicted molar refractivity (Wildman–Crippen MR) is 113 cm³/mol. The highest BCUT2D eigenvalue weighted by atomic mass is 15.3. The number of aryl methyl sites for hydroxylation is 2. The fourth-order valence-electron chi connectivity index (χ4n) is 3.62. The van der Waals surface area contributed by atoms with E-state index in [4.69, 9.17) is 10.1 Å². The largest absolute Gasteiger partial charge is 0.343 e. The molecule has 0 aliphatic rings. The summed E-state index contributed by atoms with van der Waals surface area (Å²) in [4.78, 5) is 16.8. The number of H-pyrrole nitrogens is 1. The van der Waals surface area contributed by atoms with Crippen LogP contribution in [0.3, 0.4) is 0 Å². The molecular weight excluding hydrogens is 360 g/mol. The van der Waals surface area contributed by atoms with Gasteiger partial charge in [0.15, 0.2) is 11.5 Å². The van der Waals surface area contributed by atoms with Crippen molar-refractivity contribution in [2.75, 3.05) is 0 Å². The Hall–Kier alpha value is -3.80. The lowest BCUT2D eigenvalue weighted by molar-refractivity contribution is 0.917. The second kappa shape index (κ2) is 6.98. The summed E-state index contributed by atoms with van der Waals surface area (Å²) in [6.45, 7) is 4.18. The van der Waals surface area contributed by atoms with E-state index in [0.717, 1.165) is 46.1 Å². The molecule has 0 saturated carbocycles. The maximum absolute atomic E-state index is 4.99. The Kier molecular flexibility index (Phi) is 4.17. The molecule has 29 heavy (non-hydrogen) atoms. The van der Waals surface area contributed by atoms with E-state index in [2.05, 4.69) is 46.1 Å². The van der Waals surface area contributed by atoms with E-state index in [-0.39, 0.29) is 0 Å². The molecule has 0 radical (unpaired) electrons. The number of benzene rings is 1. The van der Waals surface area contributed by atoms with Gasteiger partial charge in [-0.3, -0.25) is 4.98 Å². The van der Waals surface area contributed by atoms with Gasteiger partial charge in [0.2, 0.25) is 0 Å². The average molecular weight is 380 g/mol. The predicted octanol–water partition coefficient (Wildman–Crippen LogP) is 4.39. The molecule has 4 aromatic heterocycles. The third kappa shape index (κ3) is 3.08. The van der Waals surface area contributed by atoms with Gasteiger partial charge in [-0.1, -0.05) is 24.3 Å². The van der Waals surface area contributed by atoms with Crippen molar-refractivity contribution in [3.05, 3.63) is 89.6 Å². The topological polar surface area (TPSA) is 71.8 Å². The first-order valence-electron chi connectivity index (χ1n) is 9.54. The number of fused-ring (bicyclic) bond motifs is 1. The lowest BCUT2D eigenvalue weighted by atomic mass is 10.0. The maximum atomic E-state index is 4.99. The highest BCUT2D eigenvalue weighted by Crippen LogP contribution is 2.28. The van der Waals surface area contributed by atoms with E-state index in [9.17, 15) is 0 Å². The third-order valence-electron chi connectivity index (χ3n) is 5.23. The summed E-state index contributed by atoms with van der Waals surface area (Å²) in [7, 11) is 0. The van der Waals surface area contributed by atoms with Crippen LogP contribution < -0.4 is 0 Å². The van der Waals surface area contributed by atoms with E-state index in [1.165, 1.54) is 11.1 Å². The van der Waals surface area contributed by atoms with Gasteiger partial charge in [-0.05, 0) is 43.2 Å². The van der Waals surface area contributed by atoms with Gasteiger partial charge in [-0.15, -0.1) is 0 Å². The minimum atomic E-state index is 0.762. The molecule has 0 unspecified atom stereocenters. The van der Waals surface area contributed by atoms with Gasteiger partial charge >= 0.3 is 0 Å². The Labute approximate surface area is 168 Å². The molecule has 0 bridgehead atoms. The van der Waals surface area contributed by atoms with E-state index in [0.29, 0.717) is 0 Å². The van der Waals surface area contributed by atoms with Gasteiger partial charge in [0, 0.05) is 42.3 Å². The molecule has 0 spiro atoms. The Morgan fingerprint density at radius 3 is 2.59 bits per heavy atom. The van der Waals surface area contributed by atoms with Crippen molar-refractivity contribution in [1.29, 1.82) is 0 Å². The molecule has 5 aromatic rings. The van der Waals surface area contributed by atoms with Crippen LogP contribution in [0.1, 0.15) is 22.4 Å². The van der Waals surface area contributed by atoms with E-state index in [1.54, 1.807) is 18.6 Å². The molecule has 0 aliphatic carbocycles. The third-order valence-corrected chi connectivity index (χ3v) is 5.23. The molecule has 0 fully saturated rings. The Morgan fingerprint density at radius 2 is 1.83 bits per heavy atom. The lowest BCUT2D eigenvalue weighted by Gasteiger charge is -2.08. The number of aromatic nitrogens is 6. The summed E-state index contributed by atoms with van der Waals surface area (Å²) in [5, 5.41) is 4.81. The molecule has 6 nitrogen and oxygen atoms in total. The van der Waals surface area contributed by atoms with Gasteiger partial charge in [0.1, 0.15) is 5.69 Å². The van der Waals surface area contributed by atoms with Crippen molar-refractivity contribution in [3.8, 4) is 22.8 Å². The fourth-order valence-corrected chi connectivity index (χ4v) is 3.62. The van der Waals surface area contributed by atoms with Gasteiger partial charge in [0.05, 0.1) is 11.4 Å². The summed E-state index contributed by atoms with van der Waals surface area (Å²) in [6.07, 6.45) is 7.91. The molecule has 5 rings (SSSR count). The number of hydrogen-bond donors (Lipinski definition) is 1. The summed E-state index contributed by atoms with van der Waals surface area (Å²) in [5.74, 6) is 0.762. The molecular formula is C23H20N6. The Bertz CT molecular complexity index is 1290. The number of nitrogens with zero attached hydrogens (tertiary/aromatic N) is 5. The van der Waals surface area contributed by atoms with Gasteiger partial charge in [0.25, 0.3) is 0 Å². The molecule has 4 heterocycles. The fraction of sp³-hybridized carbons (Fsp3) is 0.130. The molecule has 6 heteroatoms. The number of rotatable bonds is 4. The van der Waals surface area contributed by atoms with Crippen LogP contribution in [0.4, 0.5) is 0 Å². The summed E-state index contributed by atoms with van der Waals surface area (Å²) >= 11 is 0. The standard InChI is InChI=1S/C23H20N6/c1-15-5-3-4-6-18(15)13-19-16(2)28-29-21(22-25-11-12-26-22)14-20(27-23(19)29)17-7-9-24-10-8-17/h3-12,14H,13H2,1-2H3,(H,25,26). The summed E-state index contributed by atoms with van der Waals surface area (Å²) in [5.41, 5.74) is 8.26. The van der Waals surface area contributed by atoms with Crippen LogP contribution in [0.25, 0.3) is 28.4 Å². The van der Waals surface area contributed by atoms with Gasteiger partial charge in [-0.2, -0.15) is 5.10 Å². The van der Waals surface area contributed by atoms with Crippen LogP contribution in [0.2, 0.25) is 0 Å². The quantitative estimate of drug-likeness (QED) is 0.502. The molecule has 1 N–H and O–H groups in total. The zero-order valence-electron chi connectivity index (χ0n) is 16.3. The first-order chi connectivity index (χ1) is 14.2. The number of aromatic amines is 1.